The average molecular weight is 465 g/mol. The molecule has 1 N–H and O–H groups in total. The van der Waals surface area contributed by atoms with Crippen LogP contribution in [0, 0.1) is 0 Å². The Hall–Kier alpha value is -2.13. The van der Waals surface area contributed by atoms with Gasteiger partial charge in [-0.05, 0) is 38.6 Å². The molecule has 2 aliphatic heterocycles. The molecule has 9 heteroatoms. The number of ketones is 1. The number of rotatable bonds is 8. The fourth-order valence-corrected chi connectivity index (χ4v) is 5.51. The van der Waals surface area contributed by atoms with E-state index in [2.05, 4.69) is 5.32 Å². The van der Waals surface area contributed by atoms with Crippen molar-refractivity contribution in [2.45, 2.75) is 70.4 Å². The first-order valence-electron chi connectivity index (χ1n) is 10.4. The number of thioether (sulfide) groups is 1. The molecule has 1 saturated heterocycles. The number of hydrogen-bond acceptors (Lipinski definition) is 7. The lowest BCUT2D eigenvalue weighted by atomic mass is 9.98. The van der Waals surface area contributed by atoms with Gasteiger partial charge in [-0.1, -0.05) is 19.4 Å². The van der Waals surface area contributed by atoms with E-state index in [1.54, 1.807) is 20.8 Å². The molecule has 1 fully saturated rings. The van der Waals surface area contributed by atoms with Gasteiger partial charge >= 0.3 is 5.97 Å². The van der Waals surface area contributed by atoms with Gasteiger partial charge in [0, 0.05) is 22.6 Å². The molecule has 2 amide bonds. The van der Waals surface area contributed by atoms with E-state index in [1.807, 2.05) is 24.4 Å². The fourth-order valence-electron chi connectivity index (χ4n) is 3.43. The van der Waals surface area contributed by atoms with Crippen molar-refractivity contribution in [2.75, 3.05) is 5.75 Å². The molecule has 168 valence electrons. The monoisotopic (exact) mass is 464 g/mol. The Labute approximate surface area is 190 Å². The molecule has 0 aliphatic carbocycles. The summed E-state index contributed by atoms with van der Waals surface area (Å²) in [7, 11) is 0. The molecule has 31 heavy (non-hydrogen) atoms. The highest BCUT2D eigenvalue weighted by molar-refractivity contribution is 8.00. The Morgan fingerprint density at radius 1 is 1.29 bits per heavy atom. The SMILES string of the molecule is CCCCC(=O)C1=C(C(=O)OC(C)(C)C)N2C(=O)C(NC(=O)Cc3cccs3)[C@@H]2SC1. The number of amides is 2. The van der Waals surface area contributed by atoms with Crippen LogP contribution in [0.15, 0.2) is 28.8 Å². The van der Waals surface area contributed by atoms with E-state index in [0.29, 0.717) is 24.2 Å². The second-order valence-electron chi connectivity index (χ2n) is 8.57. The minimum absolute atomic E-state index is 0.0357. The third kappa shape index (κ3) is 5.38. The van der Waals surface area contributed by atoms with E-state index < -0.39 is 28.9 Å². The predicted molar refractivity (Wildman–Crippen MR) is 120 cm³/mol. The van der Waals surface area contributed by atoms with E-state index in [1.165, 1.54) is 28.0 Å². The number of Topliss-reactive ketones (excluding diaryl/α,β-unsaturated/α-hetero) is 1. The van der Waals surface area contributed by atoms with Crippen LogP contribution < -0.4 is 5.32 Å². The largest absolute Gasteiger partial charge is 0.455 e. The zero-order valence-electron chi connectivity index (χ0n) is 18.2. The molecule has 0 spiro atoms. The van der Waals surface area contributed by atoms with Gasteiger partial charge in [-0.25, -0.2) is 4.79 Å². The number of nitrogens with one attached hydrogen (secondary N) is 1. The number of nitrogens with zero attached hydrogens (tertiary/aromatic N) is 1. The van der Waals surface area contributed by atoms with Crippen molar-refractivity contribution in [3.8, 4) is 0 Å². The van der Waals surface area contributed by atoms with Gasteiger partial charge in [-0.3, -0.25) is 19.3 Å². The van der Waals surface area contributed by atoms with Gasteiger partial charge in [-0.2, -0.15) is 0 Å². The Morgan fingerprint density at radius 3 is 2.65 bits per heavy atom. The molecule has 3 rings (SSSR count). The number of unbranched alkanes of at least 4 members (excludes halogenated alkanes) is 1. The topological polar surface area (TPSA) is 92.8 Å². The van der Waals surface area contributed by atoms with Gasteiger partial charge in [0.1, 0.15) is 22.7 Å². The number of esters is 1. The predicted octanol–water partition coefficient (Wildman–Crippen LogP) is 3.05. The molecule has 0 bridgehead atoms. The quantitative estimate of drug-likeness (QED) is 0.470. The number of fused-ring (bicyclic) bond motifs is 1. The first kappa shape index (κ1) is 23.5. The molecule has 7 nitrogen and oxygen atoms in total. The van der Waals surface area contributed by atoms with E-state index in [9.17, 15) is 19.2 Å². The summed E-state index contributed by atoms with van der Waals surface area (Å²) in [5.74, 6) is -1.13. The summed E-state index contributed by atoms with van der Waals surface area (Å²) in [6.45, 7) is 7.21. The van der Waals surface area contributed by atoms with Gasteiger partial charge in [0.15, 0.2) is 5.78 Å². The molecule has 1 aromatic heterocycles. The molecular formula is C22H28N2O5S2. The number of thiophene rings is 1. The minimum Gasteiger partial charge on any atom is -0.455 e. The molecule has 2 aliphatic rings. The van der Waals surface area contributed by atoms with Crippen LogP contribution in [-0.4, -0.2) is 51.2 Å². The summed E-state index contributed by atoms with van der Waals surface area (Å²) in [4.78, 5) is 53.3. The highest BCUT2D eigenvalue weighted by Crippen LogP contribution is 2.41. The van der Waals surface area contributed by atoms with Gasteiger partial charge in [0.25, 0.3) is 5.91 Å². The third-order valence-electron chi connectivity index (χ3n) is 4.89. The van der Waals surface area contributed by atoms with E-state index in [-0.39, 0.29) is 23.8 Å². The second kappa shape index (κ2) is 9.56. The van der Waals surface area contributed by atoms with Crippen molar-refractivity contribution in [1.82, 2.24) is 10.2 Å². The number of ether oxygens (including phenoxy) is 1. The lowest BCUT2D eigenvalue weighted by Crippen LogP contribution is -2.71. The van der Waals surface area contributed by atoms with Crippen LogP contribution in [0.4, 0.5) is 0 Å². The zero-order valence-corrected chi connectivity index (χ0v) is 19.9. The Morgan fingerprint density at radius 2 is 2.03 bits per heavy atom. The zero-order chi connectivity index (χ0) is 22.8. The third-order valence-corrected chi connectivity index (χ3v) is 7.04. The minimum atomic E-state index is -0.760. The second-order valence-corrected chi connectivity index (χ2v) is 10.7. The van der Waals surface area contributed by atoms with Crippen LogP contribution >= 0.6 is 23.1 Å². The normalized spacial score (nSPS) is 20.8. The van der Waals surface area contributed by atoms with Crippen LogP contribution in [0.5, 0.6) is 0 Å². The van der Waals surface area contributed by atoms with Crippen LogP contribution in [-0.2, 0) is 30.3 Å². The molecule has 0 aromatic carbocycles. The lowest BCUT2D eigenvalue weighted by Gasteiger charge is -2.49. The molecule has 3 heterocycles. The van der Waals surface area contributed by atoms with Gasteiger partial charge in [-0.15, -0.1) is 23.1 Å². The van der Waals surface area contributed by atoms with Gasteiger partial charge in [0.2, 0.25) is 5.91 Å². The summed E-state index contributed by atoms with van der Waals surface area (Å²) in [6.07, 6.45) is 2.10. The Kier molecular flexibility index (Phi) is 7.26. The van der Waals surface area contributed by atoms with Crippen molar-refractivity contribution in [3.63, 3.8) is 0 Å². The number of hydrogen-bond donors (Lipinski definition) is 1. The fraction of sp³-hybridized carbons (Fsp3) is 0.545. The molecule has 2 atom stereocenters. The van der Waals surface area contributed by atoms with E-state index in [4.69, 9.17) is 4.74 Å². The Bertz CT molecular complexity index is 902. The van der Waals surface area contributed by atoms with Crippen molar-refractivity contribution >= 4 is 46.7 Å². The number of carbonyl (C=O) groups is 4. The summed E-state index contributed by atoms with van der Waals surface area (Å²) in [6, 6.07) is 3.02. The molecular weight excluding hydrogens is 436 g/mol. The standard InChI is InChI=1S/C22H28N2O5S2/c1-5-6-9-15(25)14-12-31-20-17(23-16(26)11-13-8-7-10-30-13)19(27)24(20)18(14)21(28)29-22(2,3)4/h7-8,10,17,20H,5-6,9,11-12H2,1-4H3,(H,23,26)/t17?,20-/m0/s1. The molecule has 1 aromatic rings. The van der Waals surface area contributed by atoms with Gasteiger partial charge < -0.3 is 10.1 Å². The highest BCUT2D eigenvalue weighted by Gasteiger charge is 2.55. The van der Waals surface area contributed by atoms with E-state index in [0.717, 1.165) is 11.3 Å². The van der Waals surface area contributed by atoms with Crippen LogP contribution in [0.25, 0.3) is 0 Å². The molecule has 0 saturated carbocycles. The summed E-state index contributed by atoms with van der Waals surface area (Å²) < 4.78 is 5.51. The Balaban J connectivity index is 1.80. The maximum absolute atomic E-state index is 13.0. The lowest BCUT2D eigenvalue weighted by molar-refractivity contribution is -0.159. The maximum atomic E-state index is 13.0. The van der Waals surface area contributed by atoms with Crippen molar-refractivity contribution in [3.05, 3.63) is 33.7 Å². The average Bonchev–Trinajstić information content (AvgIpc) is 3.20. The van der Waals surface area contributed by atoms with Crippen molar-refractivity contribution in [2.24, 2.45) is 0 Å². The van der Waals surface area contributed by atoms with E-state index >= 15 is 0 Å². The summed E-state index contributed by atoms with van der Waals surface area (Å²) in [5.41, 5.74) is -0.390. The summed E-state index contributed by atoms with van der Waals surface area (Å²) in [5, 5.41) is 4.25. The maximum Gasteiger partial charge on any atom is 0.356 e. The van der Waals surface area contributed by atoms with Crippen molar-refractivity contribution < 1.29 is 23.9 Å². The molecule has 0 radical (unpaired) electrons. The first-order valence-corrected chi connectivity index (χ1v) is 12.3. The summed E-state index contributed by atoms with van der Waals surface area (Å²) >= 11 is 2.87. The van der Waals surface area contributed by atoms with Gasteiger partial charge in [0.05, 0.1) is 6.42 Å². The number of β-lactam (4-membered cyclic amide) rings is 1. The smallest absolute Gasteiger partial charge is 0.356 e. The molecule has 1 unspecified atom stereocenters. The highest BCUT2D eigenvalue weighted by atomic mass is 32.2. The first-order chi connectivity index (χ1) is 14.6. The van der Waals surface area contributed by atoms with Crippen LogP contribution in [0.3, 0.4) is 0 Å². The van der Waals surface area contributed by atoms with Crippen LogP contribution in [0.1, 0.15) is 51.8 Å². The van der Waals surface area contributed by atoms with Crippen molar-refractivity contribution in [1.29, 1.82) is 0 Å². The number of carbonyl (C=O) groups excluding carboxylic acids is 4. The van der Waals surface area contributed by atoms with Crippen LogP contribution in [0.2, 0.25) is 0 Å².